The molecule has 2 aromatic carbocycles. The third-order valence-electron chi connectivity index (χ3n) is 5.00. The number of halogens is 1. The van der Waals surface area contributed by atoms with Gasteiger partial charge >= 0.3 is 6.03 Å². The first kappa shape index (κ1) is 22.4. The van der Waals surface area contributed by atoms with Crippen molar-refractivity contribution in [2.45, 2.75) is 26.4 Å². The molecule has 0 fully saturated rings. The van der Waals surface area contributed by atoms with Crippen LogP contribution in [0.5, 0.6) is 5.75 Å². The molecule has 0 saturated heterocycles. The summed E-state index contributed by atoms with van der Waals surface area (Å²) in [6, 6.07) is 11.6. The van der Waals surface area contributed by atoms with Gasteiger partial charge in [0.2, 0.25) is 5.91 Å². The summed E-state index contributed by atoms with van der Waals surface area (Å²) in [6.07, 6.45) is 0. The van der Waals surface area contributed by atoms with Gasteiger partial charge in [0.25, 0.3) is 5.91 Å². The van der Waals surface area contributed by atoms with Gasteiger partial charge in [-0.15, -0.1) is 0 Å². The minimum absolute atomic E-state index is 0.253. The van der Waals surface area contributed by atoms with Crippen molar-refractivity contribution in [1.29, 1.82) is 0 Å². The number of anilines is 1. The predicted octanol–water partition coefficient (Wildman–Crippen LogP) is 2.78. The number of hydrogen-bond acceptors (Lipinski definition) is 4. The number of urea groups is 1. The van der Waals surface area contributed by atoms with Crippen LogP contribution in [0.4, 0.5) is 10.5 Å². The van der Waals surface area contributed by atoms with E-state index in [-0.39, 0.29) is 31.6 Å². The molecule has 1 atom stereocenters. The first-order valence-corrected chi connectivity index (χ1v) is 10.3. The standard InChI is InChI=1S/C22H25ClN4O4/c1-3-31-16-8-9-17(18(23)10-16)21(29)27-12-14(2)26(22(30)25-11-20(24)28)13-15-6-4-5-7-19(15)27/h4-10,14H,3,11-13H2,1-2H3,(H2,24,28)(H,25,30)/t14-/m1/s1. The maximum Gasteiger partial charge on any atom is 0.318 e. The van der Waals surface area contributed by atoms with E-state index in [1.54, 1.807) is 28.0 Å². The van der Waals surface area contributed by atoms with Crippen LogP contribution in [0.2, 0.25) is 5.02 Å². The van der Waals surface area contributed by atoms with Crippen LogP contribution in [-0.2, 0) is 11.3 Å². The first-order chi connectivity index (χ1) is 14.8. The number of fused-ring (bicyclic) bond motifs is 1. The zero-order valence-electron chi connectivity index (χ0n) is 17.4. The van der Waals surface area contributed by atoms with Gasteiger partial charge in [-0.05, 0) is 43.7 Å². The molecule has 0 aliphatic carbocycles. The van der Waals surface area contributed by atoms with Crippen molar-refractivity contribution in [3.8, 4) is 5.75 Å². The van der Waals surface area contributed by atoms with E-state index in [1.165, 1.54) is 0 Å². The van der Waals surface area contributed by atoms with E-state index in [2.05, 4.69) is 5.32 Å². The van der Waals surface area contributed by atoms with E-state index in [0.29, 0.717) is 28.6 Å². The van der Waals surface area contributed by atoms with Crippen molar-refractivity contribution >= 4 is 35.1 Å². The maximum atomic E-state index is 13.5. The summed E-state index contributed by atoms with van der Waals surface area (Å²) in [4.78, 5) is 40.4. The number of nitrogens with one attached hydrogen (secondary N) is 1. The number of amides is 4. The second kappa shape index (κ2) is 9.70. The summed E-state index contributed by atoms with van der Waals surface area (Å²) in [5.41, 5.74) is 6.99. The average molecular weight is 445 g/mol. The molecule has 8 nitrogen and oxygen atoms in total. The van der Waals surface area contributed by atoms with Gasteiger partial charge in [0.05, 0.1) is 23.7 Å². The number of nitrogens with two attached hydrogens (primary N) is 1. The monoisotopic (exact) mass is 444 g/mol. The molecule has 2 aromatic rings. The van der Waals surface area contributed by atoms with E-state index in [0.717, 1.165) is 5.56 Å². The number of carbonyl (C=O) groups is 3. The van der Waals surface area contributed by atoms with E-state index in [9.17, 15) is 14.4 Å². The third kappa shape index (κ3) is 5.08. The zero-order valence-corrected chi connectivity index (χ0v) is 18.2. The van der Waals surface area contributed by atoms with E-state index < -0.39 is 11.9 Å². The van der Waals surface area contributed by atoms with Crippen LogP contribution in [0.1, 0.15) is 29.8 Å². The Labute approximate surface area is 185 Å². The minimum Gasteiger partial charge on any atom is -0.494 e. The maximum absolute atomic E-state index is 13.5. The Morgan fingerprint density at radius 3 is 2.65 bits per heavy atom. The molecule has 0 bridgehead atoms. The lowest BCUT2D eigenvalue weighted by molar-refractivity contribution is -0.117. The highest BCUT2D eigenvalue weighted by atomic mass is 35.5. The Balaban J connectivity index is 1.92. The summed E-state index contributed by atoms with van der Waals surface area (Å²) in [6.45, 7) is 4.48. The molecule has 1 aliphatic heterocycles. The fourth-order valence-corrected chi connectivity index (χ4v) is 3.76. The van der Waals surface area contributed by atoms with Crippen molar-refractivity contribution in [1.82, 2.24) is 10.2 Å². The fourth-order valence-electron chi connectivity index (χ4n) is 3.51. The van der Waals surface area contributed by atoms with Gasteiger partial charge in [-0.25, -0.2) is 4.79 Å². The van der Waals surface area contributed by atoms with Crippen molar-refractivity contribution in [3.05, 3.63) is 58.6 Å². The normalized spacial score (nSPS) is 15.6. The van der Waals surface area contributed by atoms with Crippen LogP contribution in [0.15, 0.2) is 42.5 Å². The zero-order chi connectivity index (χ0) is 22.5. The number of rotatable bonds is 5. The predicted molar refractivity (Wildman–Crippen MR) is 118 cm³/mol. The van der Waals surface area contributed by atoms with Crippen LogP contribution in [-0.4, -0.2) is 48.5 Å². The summed E-state index contributed by atoms with van der Waals surface area (Å²) in [5.74, 6) is -0.309. The molecule has 1 aliphatic rings. The second-order valence-electron chi connectivity index (χ2n) is 7.22. The van der Waals surface area contributed by atoms with E-state index in [4.69, 9.17) is 22.1 Å². The van der Waals surface area contributed by atoms with Gasteiger partial charge < -0.3 is 25.6 Å². The number of hydrogen-bond donors (Lipinski definition) is 2. The molecule has 0 radical (unpaired) electrons. The van der Waals surface area contributed by atoms with Crippen LogP contribution < -0.4 is 20.7 Å². The SMILES string of the molecule is CCOc1ccc(C(=O)N2C[C@@H](C)N(C(=O)NCC(N)=O)Cc3ccccc32)c(Cl)c1. The van der Waals surface area contributed by atoms with Gasteiger partial charge in [0.15, 0.2) is 0 Å². The molecular formula is C22H25ClN4O4. The van der Waals surface area contributed by atoms with Crippen molar-refractivity contribution < 1.29 is 19.1 Å². The Morgan fingerprint density at radius 1 is 1.23 bits per heavy atom. The highest BCUT2D eigenvalue weighted by Gasteiger charge is 2.32. The number of benzene rings is 2. The van der Waals surface area contributed by atoms with Gasteiger partial charge in [0.1, 0.15) is 5.75 Å². The van der Waals surface area contributed by atoms with Crippen molar-refractivity contribution in [3.63, 3.8) is 0 Å². The van der Waals surface area contributed by atoms with Gasteiger partial charge in [-0.3, -0.25) is 9.59 Å². The van der Waals surface area contributed by atoms with Crippen molar-refractivity contribution in [2.75, 3.05) is 24.6 Å². The Bertz CT molecular complexity index is 997. The smallest absolute Gasteiger partial charge is 0.318 e. The summed E-state index contributed by atoms with van der Waals surface area (Å²) < 4.78 is 5.45. The lowest BCUT2D eigenvalue weighted by atomic mass is 10.1. The molecule has 31 heavy (non-hydrogen) atoms. The molecule has 0 unspecified atom stereocenters. The minimum atomic E-state index is -0.627. The largest absolute Gasteiger partial charge is 0.494 e. The number of ether oxygens (including phenoxy) is 1. The summed E-state index contributed by atoms with van der Waals surface area (Å²) in [5, 5.41) is 2.81. The molecule has 3 rings (SSSR count). The molecule has 0 saturated carbocycles. The lowest BCUT2D eigenvalue weighted by Crippen LogP contribution is -2.49. The van der Waals surface area contributed by atoms with E-state index >= 15 is 0 Å². The van der Waals surface area contributed by atoms with Crippen LogP contribution in [0.25, 0.3) is 0 Å². The molecular weight excluding hydrogens is 420 g/mol. The number of para-hydroxylation sites is 1. The van der Waals surface area contributed by atoms with Gasteiger partial charge in [0, 0.05) is 24.8 Å². The average Bonchev–Trinajstić information content (AvgIpc) is 2.88. The number of primary amides is 1. The molecule has 164 valence electrons. The van der Waals surface area contributed by atoms with Gasteiger partial charge in [-0.2, -0.15) is 0 Å². The number of nitrogens with zero attached hydrogens (tertiary/aromatic N) is 2. The Hall–Kier alpha value is -3.26. The summed E-state index contributed by atoms with van der Waals surface area (Å²) >= 11 is 6.39. The van der Waals surface area contributed by atoms with Crippen molar-refractivity contribution in [2.24, 2.45) is 5.73 Å². The fraction of sp³-hybridized carbons (Fsp3) is 0.318. The first-order valence-electron chi connectivity index (χ1n) is 9.96. The molecule has 9 heteroatoms. The molecule has 3 N–H and O–H groups in total. The third-order valence-corrected chi connectivity index (χ3v) is 5.32. The van der Waals surface area contributed by atoms with Crippen LogP contribution in [0, 0.1) is 0 Å². The highest BCUT2D eigenvalue weighted by Crippen LogP contribution is 2.31. The van der Waals surface area contributed by atoms with Crippen LogP contribution in [0.3, 0.4) is 0 Å². The highest BCUT2D eigenvalue weighted by molar-refractivity contribution is 6.34. The topological polar surface area (TPSA) is 105 Å². The van der Waals surface area contributed by atoms with Crippen LogP contribution >= 0.6 is 11.6 Å². The molecule has 0 spiro atoms. The second-order valence-corrected chi connectivity index (χ2v) is 7.63. The molecule has 1 heterocycles. The Kier molecular flexibility index (Phi) is 7.02. The summed E-state index contributed by atoms with van der Waals surface area (Å²) in [7, 11) is 0. The molecule has 0 aromatic heterocycles. The number of carbonyl (C=O) groups excluding carboxylic acids is 3. The Morgan fingerprint density at radius 2 is 1.97 bits per heavy atom. The lowest BCUT2D eigenvalue weighted by Gasteiger charge is -2.29. The quantitative estimate of drug-likeness (QED) is 0.739. The van der Waals surface area contributed by atoms with Gasteiger partial charge in [-0.1, -0.05) is 29.8 Å². The molecule has 4 amide bonds. The van der Waals surface area contributed by atoms with E-state index in [1.807, 2.05) is 38.1 Å².